The van der Waals surface area contributed by atoms with E-state index in [1.165, 1.54) is 31.5 Å². The molecule has 35 heavy (non-hydrogen) atoms. The van der Waals surface area contributed by atoms with Gasteiger partial charge in [0.1, 0.15) is 29.8 Å². The van der Waals surface area contributed by atoms with Gasteiger partial charge >= 0.3 is 6.03 Å². The fourth-order valence-electron chi connectivity index (χ4n) is 3.64. The molecule has 1 atom stereocenters. The minimum atomic E-state index is -1.18. The number of fused-ring (bicyclic) bond motifs is 1. The summed E-state index contributed by atoms with van der Waals surface area (Å²) in [4.78, 5) is 20.7. The second-order valence-corrected chi connectivity index (χ2v) is 9.17. The van der Waals surface area contributed by atoms with E-state index < -0.39 is 23.4 Å². The van der Waals surface area contributed by atoms with E-state index in [0.29, 0.717) is 28.0 Å². The number of hydrogen-bond acceptors (Lipinski definition) is 7. The van der Waals surface area contributed by atoms with Crippen molar-refractivity contribution >= 4 is 34.5 Å². The van der Waals surface area contributed by atoms with Crippen LogP contribution in [0.5, 0.6) is 0 Å². The topological polar surface area (TPSA) is 137 Å². The number of urea groups is 1. The average Bonchev–Trinajstić information content (AvgIpc) is 3.40. The summed E-state index contributed by atoms with van der Waals surface area (Å²) < 4.78 is 35.7. The highest BCUT2D eigenvalue weighted by molar-refractivity contribution is 6.00. The highest BCUT2D eigenvalue weighted by Crippen LogP contribution is 2.40. The van der Waals surface area contributed by atoms with Gasteiger partial charge in [-0.05, 0) is 31.9 Å². The quantitative estimate of drug-likeness (QED) is 0.358. The summed E-state index contributed by atoms with van der Waals surface area (Å²) in [6.45, 7) is 4.77. The Morgan fingerprint density at radius 3 is 2.71 bits per heavy atom. The number of carbonyl (C=O) groups excluding carboxylic acids is 1. The number of nitrogens with two attached hydrogens (primary N) is 1. The summed E-state index contributed by atoms with van der Waals surface area (Å²) in [6.07, 6.45) is 2.18. The molecule has 4 N–H and O–H groups in total. The molecule has 1 aromatic carbocycles. The van der Waals surface area contributed by atoms with Crippen molar-refractivity contribution in [1.82, 2.24) is 24.9 Å². The van der Waals surface area contributed by atoms with E-state index in [-0.39, 0.29) is 23.4 Å². The molecular formula is C23H24F2N8O2. The number of hydrogen-bond donors (Lipinski definition) is 3. The van der Waals surface area contributed by atoms with Gasteiger partial charge in [-0.2, -0.15) is 5.10 Å². The zero-order chi connectivity index (χ0) is 24.9. The number of nitrogens with zero attached hydrogens (tertiary/aromatic N) is 5. The Bertz CT molecular complexity index is 1420. The molecule has 1 saturated carbocycles. The maximum absolute atomic E-state index is 14.9. The van der Waals surface area contributed by atoms with Crippen molar-refractivity contribution in [3.8, 4) is 11.3 Å². The number of nitrogens with one attached hydrogen (secondary N) is 2. The predicted molar refractivity (Wildman–Crippen MR) is 126 cm³/mol. The van der Waals surface area contributed by atoms with Crippen molar-refractivity contribution in [2.75, 3.05) is 16.4 Å². The van der Waals surface area contributed by atoms with Crippen LogP contribution in [0.2, 0.25) is 0 Å². The van der Waals surface area contributed by atoms with Gasteiger partial charge < -0.3 is 15.6 Å². The van der Waals surface area contributed by atoms with Crippen molar-refractivity contribution in [1.29, 1.82) is 0 Å². The van der Waals surface area contributed by atoms with Crippen LogP contribution in [-0.4, -0.2) is 37.1 Å². The van der Waals surface area contributed by atoms with Crippen LogP contribution in [0.15, 0.2) is 35.1 Å². The zero-order valence-corrected chi connectivity index (χ0v) is 19.3. The first-order valence-electron chi connectivity index (χ1n) is 11.1. The maximum Gasteiger partial charge on any atom is 0.326 e. The number of benzene rings is 1. The Hall–Kier alpha value is -4.09. The van der Waals surface area contributed by atoms with Crippen molar-refractivity contribution < 1.29 is 18.1 Å². The average molecular weight is 482 g/mol. The van der Waals surface area contributed by atoms with Gasteiger partial charge in [0.05, 0.1) is 22.8 Å². The van der Waals surface area contributed by atoms with Gasteiger partial charge in [0.25, 0.3) is 0 Å². The van der Waals surface area contributed by atoms with E-state index >= 15 is 0 Å². The Balaban J connectivity index is 1.35. The van der Waals surface area contributed by atoms with Gasteiger partial charge in [0, 0.05) is 17.0 Å². The second kappa shape index (κ2) is 8.29. The Morgan fingerprint density at radius 1 is 1.26 bits per heavy atom. The summed E-state index contributed by atoms with van der Waals surface area (Å²) in [5.41, 5.74) is 7.03. The molecule has 1 aliphatic rings. The summed E-state index contributed by atoms with van der Waals surface area (Å²) in [7, 11) is 0. The molecule has 10 nitrogen and oxygen atoms in total. The number of aromatic nitrogens is 5. The first-order valence-corrected chi connectivity index (χ1v) is 11.1. The van der Waals surface area contributed by atoms with Crippen LogP contribution in [0.3, 0.4) is 0 Å². The lowest BCUT2D eigenvalue weighted by Crippen LogP contribution is -2.28. The predicted octanol–water partition coefficient (Wildman–Crippen LogP) is 4.82. The van der Waals surface area contributed by atoms with Crippen molar-refractivity contribution in [3.63, 3.8) is 0 Å². The molecule has 0 bridgehead atoms. The van der Waals surface area contributed by atoms with Gasteiger partial charge in [-0.25, -0.2) is 28.2 Å². The van der Waals surface area contributed by atoms with Gasteiger partial charge in [-0.3, -0.25) is 5.32 Å². The molecule has 0 radical (unpaired) electrons. The molecule has 3 heterocycles. The van der Waals surface area contributed by atoms with Crippen LogP contribution in [0.1, 0.15) is 45.3 Å². The summed E-state index contributed by atoms with van der Waals surface area (Å²) in [5, 5.41) is 13.9. The number of halogens is 2. The van der Waals surface area contributed by atoms with Crippen LogP contribution in [-0.2, 0) is 5.41 Å². The normalized spacial score (nSPS) is 14.8. The lowest BCUT2D eigenvalue weighted by Gasteiger charge is -2.22. The minimum absolute atomic E-state index is 0.0100. The standard InChI is InChI=1S/C23H24F2N8O2/c1-11(24)23(2,3)16-9-17(35-32-16)30-22(34)29-15-7-4-12(8-14(15)25)19-18-20(26)27-10-28-21(18)33(31-19)13-5-6-13/h4,7-11,13H,5-6H2,1-3H3,(H2,26,27,28)(H2,29,30,34). The van der Waals surface area contributed by atoms with Crippen LogP contribution < -0.4 is 16.4 Å². The summed E-state index contributed by atoms with van der Waals surface area (Å²) in [5.74, 6) is -0.403. The van der Waals surface area contributed by atoms with E-state index in [1.54, 1.807) is 24.6 Å². The Morgan fingerprint density at radius 2 is 2.03 bits per heavy atom. The number of anilines is 3. The summed E-state index contributed by atoms with van der Waals surface area (Å²) >= 11 is 0. The van der Waals surface area contributed by atoms with E-state index in [9.17, 15) is 13.6 Å². The molecule has 0 saturated heterocycles. The largest absolute Gasteiger partial charge is 0.383 e. The molecule has 182 valence electrons. The highest BCUT2D eigenvalue weighted by Gasteiger charge is 2.32. The van der Waals surface area contributed by atoms with Crippen LogP contribution in [0.4, 0.5) is 31.0 Å². The zero-order valence-electron chi connectivity index (χ0n) is 19.3. The van der Waals surface area contributed by atoms with Crippen molar-refractivity contribution in [3.05, 3.63) is 42.1 Å². The number of rotatable bonds is 6. The molecule has 1 fully saturated rings. The van der Waals surface area contributed by atoms with Gasteiger partial charge in [-0.15, -0.1) is 0 Å². The SMILES string of the molecule is CC(F)C(C)(C)c1cc(NC(=O)Nc2ccc(-c3nn(C4CC4)c4ncnc(N)c34)cc2F)on1. The van der Waals surface area contributed by atoms with Crippen molar-refractivity contribution in [2.24, 2.45) is 0 Å². The van der Waals surface area contributed by atoms with Gasteiger partial charge in [-0.1, -0.05) is 25.1 Å². The number of carbonyl (C=O) groups is 1. The molecule has 2 amide bonds. The molecule has 5 rings (SSSR count). The van der Waals surface area contributed by atoms with E-state index in [1.807, 2.05) is 0 Å². The third-order valence-corrected chi connectivity index (χ3v) is 6.30. The van der Waals surface area contributed by atoms with Crippen molar-refractivity contribution in [2.45, 2.75) is 51.2 Å². The van der Waals surface area contributed by atoms with Gasteiger partial charge in [0.15, 0.2) is 5.65 Å². The fourth-order valence-corrected chi connectivity index (χ4v) is 3.64. The monoisotopic (exact) mass is 482 g/mol. The van der Waals surface area contributed by atoms with Crippen LogP contribution in [0, 0.1) is 5.82 Å². The lowest BCUT2D eigenvalue weighted by atomic mass is 9.85. The second-order valence-electron chi connectivity index (χ2n) is 9.17. The summed E-state index contributed by atoms with van der Waals surface area (Å²) in [6, 6.07) is 5.24. The number of nitrogen functional groups attached to an aromatic ring is 1. The lowest BCUT2D eigenvalue weighted by molar-refractivity contribution is 0.225. The molecular weight excluding hydrogens is 458 g/mol. The van der Waals surface area contributed by atoms with E-state index in [2.05, 4.69) is 30.9 Å². The maximum atomic E-state index is 14.9. The smallest absolute Gasteiger partial charge is 0.326 e. The number of alkyl halides is 1. The number of amides is 2. The molecule has 1 aliphatic carbocycles. The first kappa shape index (κ1) is 22.7. The Labute approximate surface area is 198 Å². The Kier molecular flexibility index (Phi) is 5.37. The van der Waals surface area contributed by atoms with E-state index in [4.69, 9.17) is 10.3 Å². The third kappa shape index (κ3) is 4.15. The highest BCUT2D eigenvalue weighted by atomic mass is 19.1. The first-order chi connectivity index (χ1) is 16.6. The minimum Gasteiger partial charge on any atom is -0.383 e. The molecule has 12 heteroatoms. The van der Waals surface area contributed by atoms with Gasteiger partial charge in [0.2, 0.25) is 5.88 Å². The fraction of sp³-hybridized carbons (Fsp3) is 0.348. The van der Waals surface area contributed by atoms with Crippen LogP contribution >= 0.6 is 0 Å². The van der Waals surface area contributed by atoms with Crippen LogP contribution in [0.25, 0.3) is 22.3 Å². The molecule has 3 aromatic heterocycles. The molecule has 4 aromatic rings. The van der Waals surface area contributed by atoms with E-state index in [0.717, 1.165) is 12.8 Å². The molecule has 1 unspecified atom stereocenters. The molecule has 0 aliphatic heterocycles. The third-order valence-electron chi connectivity index (χ3n) is 6.30. The molecule has 0 spiro atoms.